The fourth-order valence-corrected chi connectivity index (χ4v) is 2.92. The number of nitrogens with zero attached hydrogens (tertiary/aromatic N) is 2. The molecule has 132 valence electrons. The Labute approximate surface area is 144 Å². The summed E-state index contributed by atoms with van der Waals surface area (Å²) in [7, 11) is 0. The fraction of sp³-hybridized carbons (Fsp3) is 0.600. The Morgan fingerprint density at radius 1 is 1.50 bits per heavy atom. The number of hydrogen-bond donors (Lipinski definition) is 3. The van der Waals surface area contributed by atoms with Crippen molar-refractivity contribution in [2.24, 2.45) is 0 Å². The van der Waals surface area contributed by atoms with Crippen LogP contribution in [0.5, 0.6) is 0 Å². The van der Waals surface area contributed by atoms with Gasteiger partial charge in [-0.1, -0.05) is 11.6 Å². The first-order valence-electron chi connectivity index (χ1n) is 7.81. The van der Waals surface area contributed by atoms with Gasteiger partial charge in [-0.2, -0.15) is 0 Å². The molecule has 8 nitrogen and oxygen atoms in total. The van der Waals surface area contributed by atoms with Crippen molar-refractivity contribution < 1.29 is 14.8 Å². The number of nitro groups is 1. The number of rotatable bonds is 5. The van der Waals surface area contributed by atoms with Gasteiger partial charge in [0.1, 0.15) is 22.6 Å². The molecule has 1 aromatic rings. The maximum absolute atomic E-state index is 12.1. The van der Waals surface area contributed by atoms with E-state index in [2.05, 4.69) is 15.6 Å². The van der Waals surface area contributed by atoms with E-state index in [-0.39, 0.29) is 41.7 Å². The molecule has 1 aliphatic rings. The minimum absolute atomic E-state index is 0.0426. The lowest BCUT2D eigenvalue weighted by Gasteiger charge is -2.35. The normalized spacial score (nSPS) is 23.8. The van der Waals surface area contributed by atoms with Crippen LogP contribution in [0.15, 0.2) is 12.3 Å². The third kappa shape index (κ3) is 4.33. The minimum Gasteiger partial charge on any atom is -0.380 e. The molecule has 0 saturated heterocycles. The Hall–Kier alpha value is -1.93. The van der Waals surface area contributed by atoms with E-state index in [9.17, 15) is 20.0 Å². The van der Waals surface area contributed by atoms with Gasteiger partial charge in [0, 0.05) is 18.2 Å². The summed E-state index contributed by atoms with van der Waals surface area (Å²) in [6.45, 7) is 3.67. The van der Waals surface area contributed by atoms with Gasteiger partial charge >= 0.3 is 5.69 Å². The van der Waals surface area contributed by atoms with Gasteiger partial charge in [0.15, 0.2) is 0 Å². The maximum atomic E-state index is 12.1. The van der Waals surface area contributed by atoms with E-state index >= 15 is 0 Å². The number of aromatic nitrogens is 1. The summed E-state index contributed by atoms with van der Waals surface area (Å²) in [6.07, 6.45) is 2.71. The number of nitrogens with one attached hydrogen (secondary N) is 2. The van der Waals surface area contributed by atoms with Crippen LogP contribution in [0.25, 0.3) is 0 Å². The SMILES string of the molecule is CC(C)NC(=O)C1(O)CCC(Nc2cc(Cl)ncc2[N+](=O)[O-])CC1. The van der Waals surface area contributed by atoms with Crippen LogP contribution in [0.4, 0.5) is 11.4 Å². The number of anilines is 1. The number of aliphatic hydroxyl groups is 1. The average Bonchev–Trinajstić information content (AvgIpc) is 2.49. The Balaban J connectivity index is 2.02. The molecule has 0 spiro atoms. The Kier molecular flexibility index (Phi) is 5.61. The van der Waals surface area contributed by atoms with Crippen LogP contribution in [-0.2, 0) is 4.79 Å². The number of carbonyl (C=O) groups excluding carboxylic acids is 1. The van der Waals surface area contributed by atoms with Crippen LogP contribution in [0.3, 0.4) is 0 Å². The largest absolute Gasteiger partial charge is 0.380 e. The van der Waals surface area contributed by atoms with Crippen molar-refractivity contribution >= 4 is 28.9 Å². The van der Waals surface area contributed by atoms with E-state index in [0.717, 1.165) is 6.20 Å². The first-order chi connectivity index (χ1) is 11.2. The van der Waals surface area contributed by atoms with E-state index in [1.165, 1.54) is 6.07 Å². The lowest BCUT2D eigenvalue weighted by molar-refractivity contribution is -0.384. The van der Waals surface area contributed by atoms with Crippen molar-refractivity contribution in [3.8, 4) is 0 Å². The Morgan fingerprint density at radius 3 is 2.67 bits per heavy atom. The predicted octanol–water partition coefficient (Wildman–Crippen LogP) is 2.25. The van der Waals surface area contributed by atoms with E-state index < -0.39 is 10.5 Å². The summed E-state index contributed by atoms with van der Waals surface area (Å²) in [4.78, 5) is 26.3. The van der Waals surface area contributed by atoms with Crippen molar-refractivity contribution in [1.82, 2.24) is 10.3 Å². The van der Waals surface area contributed by atoms with Crippen molar-refractivity contribution in [3.05, 3.63) is 27.5 Å². The second-order valence-corrected chi connectivity index (χ2v) is 6.75. The average molecular weight is 357 g/mol. The van der Waals surface area contributed by atoms with Crippen LogP contribution in [0, 0.1) is 10.1 Å². The van der Waals surface area contributed by atoms with Crippen LogP contribution < -0.4 is 10.6 Å². The second-order valence-electron chi connectivity index (χ2n) is 6.36. The molecular formula is C15H21ClN4O4. The third-order valence-corrected chi connectivity index (χ3v) is 4.27. The first kappa shape index (κ1) is 18.4. The number of halogens is 1. The lowest BCUT2D eigenvalue weighted by atomic mass is 9.81. The van der Waals surface area contributed by atoms with Crippen LogP contribution >= 0.6 is 11.6 Å². The van der Waals surface area contributed by atoms with Gasteiger partial charge < -0.3 is 15.7 Å². The van der Waals surface area contributed by atoms with Crippen LogP contribution in [-0.4, -0.2) is 38.6 Å². The maximum Gasteiger partial charge on any atom is 0.310 e. The summed E-state index contributed by atoms with van der Waals surface area (Å²) in [5, 5.41) is 27.5. The predicted molar refractivity (Wildman–Crippen MR) is 90.0 cm³/mol. The Bertz CT molecular complexity index is 630. The molecule has 1 aromatic heterocycles. The smallest absolute Gasteiger partial charge is 0.310 e. The highest BCUT2D eigenvalue weighted by Gasteiger charge is 2.40. The lowest BCUT2D eigenvalue weighted by Crippen LogP contribution is -2.52. The molecule has 1 heterocycles. The second kappa shape index (κ2) is 7.31. The van der Waals surface area contributed by atoms with E-state index in [1.54, 1.807) is 0 Å². The van der Waals surface area contributed by atoms with Crippen LogP contribution in [0.2, 0.25) is 5.15 Å². The van der Waals surface area contributed by atoms with E-state index in [4.69, 9.17) is 11.6 Å². The highest BCUT2D eigenvalue weighted by molar-refractivity contribution is 6.29. The van der Waals surface area contributed by atoms with Gasteiger partial charge in [-0.3, -0.25) is 14.9 Å². The molecule has 0 bridgehead atoms. The first-order valence-corrected chi connectivity index (χ1v) is 8.19. The van der Waals surface area contributed by atoms with Gasteiger partial charge in [-0.05, 0) is 39.5 Å². The van der Waals surface area contributed by atoms with Gasteiger partial charge in [0.05, 0.1) is 4.92 Å². The topological polar surface area (TPSA) is 117 Å². The third-order valence-electron chi connectivity index (χ3n) is 4.06. The number of hydrogen-bond acceptors (Lipinski definition) is 6. The molecule has 24 heavy (non-hydrogen) atoms. The Morgan fingerprint density at radius 2 is 2.12 bits per heavy atom. The summed E-state index contributed by atoms with van der Waals surface area (Å²) < 4.78 is 0. The molecule has 0 aromatic carbocycles. The van der Waals surface area contributed by atoms with Crippen molar-refractivity contribution in [2.45, 2.75) is 57.2 Å². The zero-order valence-electron chi connectivity index (χ0n) is 13.6. The summed E-state index contributed by atoms with van der Waals surface area (Å²) in [5.74, 6) is -0.367. The number of carbonyl (C=O) groups is 1. The van der Waals surface area contributed by atoms with Gasteiger partial charge in [-0.25, -0.2) is 4.98 Å². The zero-order valence-corrected chi connectivity index (χ0v) is 14.3. The summed E-state index contributed by atoms with van der Waals surface area (Å²) >= 11 is 5.81. The van der Waals surface area contributed by atoms with Gasteiger partial charge in [0.25, 0.3) is 5.91 Å². The molecule has 3 N–H and O–H groups in total. The molecule has 1 fully saturated rings. The van der Waals surface area contributed by atoms with Gasteiger partial charge in [-0.15, -0.1) is 0 Å². The molecule has 1 amide bonds. The number of pyridine rings is 1. The highest BCUT2D eigenvalue weighted by Crippen LogP contribution is 2.33. The highest BCUT2D eigenvalue weighted by atomic mass is 35.5. The monoisotopic (exact) mass is 356 g/mol. The van der Waals surface area contributed by atoms with E-state index in [1.807, 2.05) is 13.8 Å². The number of amides is 1. The van der Waals surface area contributed by atoms with Crippen molar-refractivity contribution in [1.29, 1.82) is 0 Å². The van der Waals surface area contributed by atoms with Crippen molar-refractivity contribution in [2.75, 3.05) is 5.32 Å². The standard InChI is InChI=1S/C15H21ClN4O4/c1-9(2)18-14(21)15(22)5-3-10(4-6-15)19-11-7-13(16)17-8-12(11)20(23)24/h7-10,22H,3-6H2,1-2H3,(H,17,19)(H,18,21). The molecule has 0 radical (unpaired) electrons. The molecule has 0 unspecified atom stereocenters. The molecule has 0 atom stereocenters. The zero-order chi connectivity index (χ0) is 17.9. The molecule has 1 aliphatic carbocycles. The molecule has 2 rings (SSSR count). The van der Waals surface area contributed by atoms with E-state index in [0.29, 0.717) is 18.5 Å². The summed E-state index contributed by atoms with van der Waals surface area (Å²) in [5.41, 5.74) is -1.25. The van der Waals surface area contributed by atoms with Crippen molar-refractivity contribution in [3.63, 3.8) is 0 Å². The van der Waals surface area contributed by atoms with Gasteiger partial charge in [0.2, 0.25) is 0 Å². The molecule has 0 aliphatic heterocycles. The minimum atomic E-state index is -1.38. The summed E-state index contributed by atoms with van der Waals surface area (Å²) in [6, 6.07) is 1.28. The fourth-order valence-electron chi connectivity index (χ4n) is 2.77. The molecular weight excluding hydrogens is 336 g/mol. The molecule has 9 heteroatoms. The molecule has 1 saturated carbocycles. The van der Waals surface area contributed by atoms with Crippen LogP contribution in [0.1, 0.15) is 39.5 Å². The quantitative estimate of drug-likeness (QED) is 0.423.